The molecule has 100 valence electrons. The van der Waals surface area contributed by atoms with E-state index in [9.17, 15) is 9.00 Å². The first-order valence-electron chi connectivity index (χ1n) is 5.55. The van der Waals surface area contributed by atoms with Gasteiger partial charge in [-0.25, -0.2) is 0 Å². The highest BCUT2D eigenvalue weighted by molar-refractivity contribution is 7.86. The highest BCUT2D eigenvalue weighted by Gasteiger charge is 2.26. The maximum Gasteiger partial charge on any atom is 0.319 e. The minimum absolute atomic E-state index is 0.278. The predicted molar refractivity (Wildman–Crippen MR) is 73.8 cm³/mol. The van der Waals surface area contributed by atoms with Gasteiger partial charge in [0.15, 0.2) is 0 Å². The van der Waals surface area contributed by atoms with E-state index in [0.29, 0.717) is 17.9 Å². The van der Waals surface area contributed by atoms with E-state index in [-0.39, 0.29) is 9.92 Å². The molecule has 0 heterocycles. The monoisotopic (exact) mass is 308 g/mol. The fraction of sp³-hybridized carbons (Fsp3) is 0.417. The van der Waals surface area contributed by atoms with Crippen LogP contribution in [0.25, 0.3) is 0 Å². The topological polar surface area (TPSA) is 54.4 Å². The van der Waals surface area contributed by atoms with Crippen molar-refractivity contribution in [2.24, 2.45) is 0 Å². The van der Waals surface area contributed by atoms with Gasteiger partial charge in [0.25, 0.3) is 0 Å². The number of hydrogen-bond donors (Lipinski definition) is 1. The van der Waals surface area contributed by atoms with Gasteiger partial charge in [0, 0.05) is 5.02 Å². The third-order valence-corrected chi connectivity index (χ3v) is 4.87. The van der Waals surface area contributed by atoms with Crippen LogP contribution < -0.4 is 0 Å². The third-order valence-electron chi connectivity index (χ3n) is 2.46. The molecule has 1 N–H and O–H groups in total. The first kappa shape index (κ1) is 15.5. The maximum absolute atomic E-state index is 12.3. The summed E-state index contributed by atoms with van der Waals surface area (Å²) in [6, 6.07) is 4.56. The molecule has 0 radical (unpaired) electrons. The fourth-order valence-corrected chi connectivity index (χ4v) is 3.45. The number of carboxylic acids is 1. The van der Waals surface area contributed by atoms with Crippen molar-refractivity contribution in [1.29, 1.82) is 0 Å². The SMILES string of the molecule is CCCCC(C(=O)O)S(=O)c1cc(Cl)ccc1Cl. The summed E-state index contributed by atoms with van der Waals surface area (Å²) in [6.45, 7) is 1.95. The van der Waals surface area contributed by atoms with Crippen LogP contribution in [0.5, 0.6) is 0 Å². The number of rotatable bonds is 6. The summed E-state index contributed by atoms with van der Waals surface area (Å²) >= 11 is 11.7. The molecule has 0 aromatic heterocycles. The second kappa shape index (κ2) is 7.12. The van der Waals surface area contributed by atoms with Crippen molar-refractivity contribution in [3.05, 3.63) is 28.2 Å². The van der Waals surface area contributed by atoms with Crippen LogP contribution in [-0.2, 0) is 15.6 Å². The van der Waals surface area contributed by atoms with Gasteiger partial charge < -0.3 is 5.11 Å². The quantitative estimate of drug-likeness (QED) is 0.871. The summed E-state index contributed by atoms with van der Waals surface area (Å²) < 4.78 is 12.3. The van der Waals surface area contributed by atoms with Crippen molar-refractivity contribution in [3.63, 3.8) is 0 Å². The molecule has 0 spiro atoms. The number of halogens is 2. The molecule has 1 aromatic carbocycles. The number of unbranched alkanes of at least 4 members (excludes halogenated alkanes) is 1. The van der Waals surface area contributed by atoms with E-state index >= 15 is 0 Å². The molecule has 0 fully saturated rings. The number of aliphatic carboxylic acids is 1. The summed E-state index contributed by atoms with van der Waals surface area (Å²) in [5.41, 5.74) is 0. The van der Waals surface area contributed by atoms with Gasteiger partial charge in [0.2, 0.25) is 0 Å². The minimum atomic E-state index is -1.69. The molecule has 0 saturated carbocycles. The Hall–Kier alpha value is -0.580. The van der Waals surface area contributed by atoms with Crippen molar-refractivity contribution in [2.75, 3.05) is 0 Å². The summed E-state index contributed by atoms with van der Waals surface area (Å²) in [5.74, 6) is -1.07. The lowest BCUT2D eigenvalue weighted by molar-refractivity contribution is -0.136. The number of carboxylic acid groups (broad SMARTS) is 1. The number of carbonyl (C=O) groups is 1. The van der Waals surface area contributed by atoms with E-state index in [4.69, 9.17) is 28.3 Å². The average molecular weight is 309 g/mol. The summed E-state index contributed by atoms with van der Waals surface area (Å²) in [6.07, 6.45) is 1.92. The molecule has 0 aliphatic rings. The first-order chi connectivity index (χ1) is 8.47. The van der Waals surface area contributed by atoms with Gasteiger partial charge in [-0.3, -0.25) is 9.00 Å². The molecule has 0 aliphatic heterocycles. The minimum Gasteiger partial charge on any atom is -0.480 e. The van der Waals surface area contributed by atoms with E-state index in [1.165, 1.54) is 12.1 Å². The lowest BCUT2D eigenvalue weighted by atomic mass is 10.2. The lowest BCUT2D eigenvalue weighted by Gasteiger charge is -2.13. The van der Waals surface area contributed by atoms with Crippen molar-refractivity contribution in [2.45, 2.75) is 36.3 Å². The van der Waals surface area contributed by atoms with Crippen molar-refractivity contribution >= 4 is 40.0 Å². The van der Waals surface area contributed by atoms with Gasteiger partial charge in [-0.15, -0.1) is 0 Å². The Bertz CT molecular complexity index is 463. The van der Waals surface area contributed by atoms with Crippen molar-refractivity contribution in [1.82, 2.24) is 0 Å². The molecule has 18 heavy (non-hydrogen) atoms. The molecule has 1 rings (SSSR count). The van der Waals surface area contributed by atoms with Crippen LogP contribution in [0.1, 0.15) is 26.2 Å². The molecule has 3 nitrogen and oxygen atoms in total. The van der Waals surface area contributed by atoms with Crippen LogP contribution in [0.15, 0.2) is 23.1 Å². The lowest BCUT2D eigenvalue weighted by Crippen LogP contribution is -2.25. The molecular formula is C12H14Cl2O3S. The van der Waals surface area contributed by atoms with E-state index in [0.717, 1.165) is 6.42 Å². The van der Waals surface area contributed by atoms with Crippen LogP contribution >= 0.6 is 23.2 Å². The summed E-state index contributed by atoms with van der Waals surface area (Å²) in [4.78, 5) is 11.4. The van der Waals surface area contributed by atoms with Crippen LogP contribution in [0.3, 0.4) is 0 Å². The Morgan fingerprint density at radius 3 is 2.67 bits per heavy atom. The van der Waals surface area contributed by atoms with Gasteiger partial charge in [0.05, 0.1) is 20.7 Å². The highest BCUT2D eigenvalue weighted by Crippen LogP contribution is 2.27. The zero-order valence-corrected chi connectivity index (χ0v) is 12.2. The highest BCUT2D eigenvalue weighted by atomic mass is 35.5. The predicted octanol–water partition coefficient (Wildman–Crippen LogP) is 3.74. The van der Waals surface area contributed by atoms with E-state index in [2.05, 4.69) is 0 Å². The fourth-order valence-electron chi connectivity index (χ4n) is 1.50. The number of hydrogen-bond acceptors (Lipinski definition) is 2. The summed E-state index contributed by atoms with van der Waals surface area (Å²) in [7, 11) is -1.69. The molecule has 2 atom stereocenters. The van der Waals surface area contributed by atoms with Crippen molar-refractivity contribution in [3.8, 4) is 0 Å². The molecule has 0 bridgehead atoms. The van der Waals surface area contributed by atoms with Crippen molar-refractivity contribution < 1.29 is 14.1 Å². The molecule has 0 aliphatic carbocycles. The molecule has 2 unspecified atom stereocenters. The second-order valence-electron chi connectivity index (χ2n) is 3.84. The van der Waals surface area contributed by atoms with Gasteiger partial charge in [-0.05, 0) is 24.6 Å². The van der Waals surface area contributed by atoms with E-state index < -0.39 is 22.0 Å². The van der Waals surface area contributed by atoms with Crippen LogP contribution in [-0.4, -0.2) is 20.5 Å². The largest absolute Gasteiger partial charge is 0.480 e. The Labute approximate surface area is 119 Å². The third kappa shape index (κ3) is 3.97. The van der Waals surface area contributed by atoms with Crippen LogP contribution in [0.2, 0.25) is 10.0 Å². The van der Waals surface area contributed by atoms with E-state index in [1.54, 1.807) is 6.07 Å². The normalized spacial score (nSPS) is 14.2. The Kier molecular flexibility index (Phi) is 6.12. The number of benzene rings is 1. The summed E-state index contributed by atoms with van der Waals surface area (Å²) in [5, 5.41) is 8.85. The van der Waals surface area contributed by atoms with Crippen LogP contribution in [0.4, 0.5) is 0 Å². The zero-order chi connectivity index (χ0) is 13.7. The molecule has 0 amide bonds. The van der Waals surface area contributed by atoms with Gasteiger partial charge in [-0.2, -0.15) is 0 Å². The molecule has 6 heteroatoms. The van der Waals surface area contributed by atoms with Gasteiger partial charge >= 0.3 is 5.97 Å². The standard InChI is InChI=1S/C12H14Cl2O3S/c1-2-3-4-10(12(15)16)18(17)11-7-8(13)5-6-9(11)14/h5-7,10H,2-4H2,1H3,(H,15,16). The maximum atomic E-state index is 12.3. The Morgan fingerprint density at radius 2 is 2.11 bits per heavy atom. The van der Waals surface area contributed by atoms with E-state index in [1.807, 2.05) is 6.92 Å². The smallest absolute Gasteiger partial charge is 0.319 e. The second-order valence-corrected chi connectivity index (χ2v) is 6.29. The molecular weight excluding hydrogens is 295 g/mol. The van der Waals surface area contributed by atoms with Gasteiger partial charge in [-0.1, -0.05) is 43.0 Å². The Morgan fingerprint density at radius 1 is 1.44 bits per heavy atom. The first-order valence-corrected chi connectivity index (χ1v) is 7.52. The Balaban J connectivity index is 3.01. The molecule has 0 saturated heterocycles. The average Bonchev–Trinajstić information content (AvgIpc) is 2.32. The zero-order valence-electron chi connectivity index (χ0n) is 9.86. The molecule has 1 aromatic rings. The van der Waals surface area contributed by atoms with Crippen LogP contribution in [0, 0.1) is 0 Å². The van der Waals surface area contributed by atoms with Gasteiger partial charge in [0.1, 0.15) is 5.25 Å².